The van der Waals surface area contributed by atoms with E-state index in [0.29, 0.717) is 0 Å². The van der Waals surface area contributed by atoms with Crippen LogP contribution in [-0.4, -0.2) is 65.8 Å². The maximum Gasteiger partial charge on any atom is 0.408 e. The second-order valence-corrected chi connectivity index (χ2v) is 6.26. The third-order valence-corrected chi connectivity index (χ3v) is 3.14. The van der Waals surface area contributed by atoms with E-state index in [-0.39, 0.29) is 25.4 Å². The fraction of sp³-hybridized carbons (Fsp3) is 0.714. The number of aliphatic carboxylic acids is 1. The Morgan fingerprint density at radius 1 is 1.39 bits per heavy atom. The second-order valence-electron chi connectivity index (χ2n) is 6.26. The van der Waals surface area contributed by atoms with Crippen LogP contribution in [0.1, 0.15) is 27.2 Å². The summed E-state index contributed by atoms with van der Waals surface area (Å²) >= 11 is 0. The zero-order valence-corrected chi connectivity index (χ0v) is 13.6. The predicted octanol–water partition coefficient (Wildman–Crippen LogP) is -0.0142. The van der Waals surface area contributed by atoms with E-state index >= 15 is 0 Å². The third-order valence-electron chi connectivity index (χ3n) is 3.14. The summed E-state index contributed by atoms with van der Waals surface area (Å²) < 4.78 is 9.57. The summed E-state index contributed by atoms with van der Waals surface area (Å²) in [6.45, 7) is 4.75. The summed E-state index contributed by atoms with van der Waals surface area (Å²) in [5, 5.41) is 11.4. The van der Waals surface area contributed by atoms with Gasteiger partial charge in [0.1, 0.15) is 11.6 Å². The number of carboxylic acid groups (broad SMARTS) is 1. The second kappa shape index (κ2) is 7.30. The van der Waals surface area contributed by atoms with Gasteiger partial charge in [-0.2, -0.15) is 0 Å². The number of rotatable bonds is 5. The molecule has 9 heteroatoms. The van der Waals surface area contributed by atoms with Crippen molar-refractivity contribution in [3.63, 3.8) is 0 Å². The molecule has 1 fully saturated rings. The number of amides is 2. The van der Waals surface area contributed by atoms with Crippen molar-refractivity contribution >= 4 is 23.9 Å². The Kier molecular flexibility index (Phi) is 5.94. The van der Waals surface area contributed by atoms with Crippen LogP contribution in [0, 0.1) is 5.92 Å². The standard InChI is InChI=1S/C14H22N2O7/c1-14(2,3)23-13(21)15-9(11(18)19)7-16-6-8(5-10(16)17)12(20)22-4/h8-9H,5-7H2,1-4H3,(H,15,21)(H,18,19)/t8?,9-/m0/s1. The molecule has 1 rings (SSSR count). The summed E-state index contributed by atoms with van der Waals surface area (Å²) in [4.78, 5) is 47.5. The van der Waals surface area contributed by atoms with Gasteiger partial charge >= 0.3 is 18.0 Å². The molecule has 9 nitrogen and oxygen atoms in total. The minimum absolute atomic E-state index is 0.0363. The number of methoxy groups -OCH3 is 1. The Morgan fingerprint density at radius 2 is 2.00 bits per heavy atom. The minimum Gasteiger partial charge on any atom is -0.480 e. The molecule has 1 aliphatic heterocycles. The Morgan fingerprint density at radius 3 is 2.48 bits per heavy atom. The van der Waals surface area contributed by atoms with Gasteiger partial charge in [-0.15, -0.1) is 0 Å². The summed E-state index contributed by atoms with van der Waals surface area (Å²) in [6, 6.07) is -1.33. The molecule has 2 amide bonds. The van der Waals surface area contributed by atoms with E-state index in [1.54, 1.807) is 20.8 Å². The lowest BCUT2D eigenvalue weighted by Crippen LogP contribution is -2.50. The number of carboxylic acids is 1. The van der Waals surface area contributed by atoms with Crippen LogP contribution in [0.2, 0.25) is 0 Å². The van der Waals surface area contributed by atoms with Gasteiger partial charge in [-0.1, -0.05) is 0 Å². The van der Waals surface area contributed by atoms with E-state index in [1.807, 2.05) is 0 Å². The SMILES string of the molecule is COC(=O)C1CC(=O)N(C[C@H](NC(=O)OC(C)(C)C)C(=O)O)C1. The monoisotopic (exact) mass is 330 g/mol. The van der Waals surface area contributed by atoms with Gasteiger partial charge in [0.2, 0.25) is 5.91 Å². The van der Waals surface area contributed by atoms with Gasteiger partial charge in [0, 0.05) is 13.0 Å². The maximum absolute atomic E-state index is 11.9. The lowest BCUT2D eigenvalue weighted by Gasteiger charge is -2.24. The van der Waals surface area contributed by atoms with Gasteiger partial charge in [-0.25, -0.2) is 9.59 Å². The fourth-order valence-corrected chi connectivity index (χ4v) is 2.13. The molecule has 2 atom stereocenters. The molecule has 1 heterocycles. The maximum atomic E-state index is 11.9. The molecule has 0 aliphatic carbocycles. The molecule has 0 aromatic carbocycles. The number of likely N-dealkylation sites (tertiary alicyclic amines) is 1. The Labute approximate surface area is 133 Å². The van der Waals surface area contributed by atoms with Gasteiger partial charge < -0.3 is 24.8 Å². The number of carbonyl (C=O) groups excluding carboxylic acids is 3. The first-order chi connectivity index (χ1) is 10.5. The van der Waals surface area contributed by atoms with Crippen LogP contribution >= 0.6 is 0 Å². The van der Waals surface area contributed by atoms with E-state index in [1.165, 1.54) is 12.0 Å². The van der Waals surface area contributed by atoms with Gasteiger partial charge in [-0.05, 0) is 20.8 Å². The largest absolute Gasteiger partial charge is 0.480 e. The van der Waals surface area contributed by atoms with Crippen LogP contribution in [0.25, 0.3) is 0 Å². The zero-order valence-electron chi connectivity index (χ0n) is 13.6. The van der Waals surface area contributed by atoms with Crippen LogP contribution in [0.5, 0.6) is 0 Å². The average Bonchev–Trinajstić information content (AvgIpc) is 2.76. The van der Waals surface area contributed by atoms with Crippen molar-refractivity contribution in [3.05, 3.63) is 0 Å². The van der Waals surface area contributed by atoms with Gasteiger partial charge in [0.05, 0.1) is 19.6 Å². The molecule has 1 aliphatic rings. The van der Waals surface area contributed by atoms with E-state index in [4.69, 9.17) is 4.74 Å². The molecule has 130 valence electrons. The van der Waals surface area contributed by atoms with Crippen LogP contribution in [0.15, 0.2) is 0 Å². The molecular formula is C14H22N2O7. The highest BCUT2D eigenvalue weighted by Crippen LogP contribution is 2.19. The molecule has 0 aromatic rings. The Balaban J connectivity index is 2.66. The van der Waals surface area contributed by atoms with E-state index in [9.17, 15) is 24.3 Å². The Bertz CT molecular complexity index is 498. The third kappa shape index (κ3) is 5.76. The lowest BCUT2D eigenvalue weighted by molar-refractivity contribution is -0.145. The number of nitrogens with one attached hydrogen (secondary N) is 1. The van der Waals surface area contributed by atoms with E-state index in [0.717, 1.165) is 0 Å². The normalized spacial score (nSPS) is 19.2. The van der Waals surface area contributed by atoms with Crippen LogP contribution in [0.4, 0.5) is 4.79 Å². The average molecular weight is 330 g/mol. The summed E-state index contributed by atoms with van der Waals surface area (Å²) in [6.07, 6.45) is -0.924. The molecular weight excluding hydrogens is 308 g/mol. The van der Waals surface area contributed by atoms with Crippen LogP contribution in [0.3, 0.4) is 0 Å². The summed E-state index contributed by atoms with van der Waals surface area (Å²) in [5.41, 5.74) is -0.771. The molecule has 1 saturated heterocycles. The number of ether oxygens (including phenoxy) is 2. The van der Waals surface area contributed by atoms with Crippen molar-refractivity contribution in [1.82, 2.24) is 10.2 Å². The zero-order chi connectivity index (χ0) is 17.8. The first-order valence-corrected chi connectivity index (χ1v) is 7.11. The fourth-order valence-electron chi connectivity index (χ4n) is 2.13. The van der Waals surface area contributed by atoms with Crippen molar-refractivity contribution in [2.75, 3.05) is 20.2 Å². The lowest BCUT2D eigenvalue weighted by atomic mass is 10.1. The molecule has 0 aromatic heterocycles. The highest BCUT2D eigenvalue weighted by molar-refractivity contribution is 5.87. The number of hydrogen-bond acceptors (Lipinski definition) is 6. The van der Waals surface area contributed by atoms with Gasteiger partial charge in [0.25, 0.3) is 0 Å². The van der Waals surface area contributed by atoms with Gasteiger partial charge in [0.15, 0.2) is 0 Å². The molecule has 0 radical (unpaired) electrons. The highest BCUT2D eigenvalue weighted by Gasteiger charge is 2.37. The summed E-state index contributed by atoms with van der Waals surface area (Å²) in [5.74, 6) is -2.81. The number of carbonyl (C=O) groups is 4. The topological polar surface area (TPSA) is 122 Å². The molecule has 1 unspecified atom stereocenters. The molecule has 23 heavy (non-hydrogen) atoms. The number of alkyl carbamates (subject to hydrolysis) is 1. The van der Waals surface area contributed by atoms with Crippen molar-refractivity contribution in [2.24, 2.45) is 5.92 Å². The smallest absolute Gasteiger partial charge is 0.408 e. The molecule has 0 spiro atoms. The predicted molar refractivity (Wildman–Crippen MR) is 77.5 cm³/mol. The summed E-state index contributed by atoms with van der Waals surface area (Å²) in [7, 11) is 1.22. The first-order valence-electron chi connectivity index (χ1n) is 7.11. The van der Waals surface area contributed by atoms with Crippen LogP contribution in [-0.2, 0) is 23.9 Å². The van der Waals surface area contributed by atoms with Crippen molar-refractivity contribution in [2.45, 2.75) is 38.8 Å². The first kappa shape index (κ1) is 18.7. The minimum atomic E-state index is -1.33. The van der Waals surface area contributed by atoms with Crippen molar-refractivity contribution in [1.29, 1.82) is 0 Å². The highest BCUT2D eigenvalue weighted by atomic mass is 16.6. The van der Waals surface area contributed by atoms with Crippen molar-refractivity contribution in [3.8, 4) is 0 Å². The quantitative estimate of drug-likeness (QED) is 0.679. The molecule has 0 saturated carbocycles. The van der Waals surface area contributed by atoms with Gasteiger partial charge in [-0.3, -0.25) is 9.59 Å². The molecule has 0 bridgehead atoms. The number of hydrogen-bond donors (Lipinski definition) is 2. The van der Waals surface area contributed by atoms with Crippen molar-refractivity contribution < 1.29 is 33.8 Å². The van der Waals surface area contributed by atoms with E-state index in [2.05, 4.69) is 10.1 Å². The van der Waals surface area contributed by atoms with E-state index < -0.39 is 35.6 Å². The number of nitrogens with zero attached hydrogens (tertiary/aromatic N) is 1. The molecule has 2 N–H and O–H groups in total. The van der Waals surface area contributed by atoms with Crippen LogP contribution < -0.4 is 5.32 Å². The number of esters is 1. The Hall–Kier alpha value is -2.32.